The van der Waals surface area contributed by atoms with E-state index in [1.165, 1.54) is 12.0 Å². The smallest absolute Gasteiger partial charge is 0.237 e. The van der Waals surface area contributed by atoms with Gasteiger partial charge in [0.2, 0.25) is 29.5 Å². The van der Waals surface area contributed by atoms with Crippen LogP contribution in [0.1, 0.15) is 154 Å². The number of nitrogens with one attached hydrogen (secondary N) is 3. The van der Waals surface area contributed by atoms with Crippen LogP contribution < -0.4 is 21.7 Å². The fourth-order valence-electron chi connectivity index (χ4n) is 11.8. The number of nitrogens with zero attached hydrogens (tertiary/aromatic N) is 5. The second-order valence-corrected chi connectivity index (χ2v) is 23.7. The molecule has 6 N–H and O–H groups in total. The Hall–Kier alpha value is -7.08. The van der Waals surface area contributed by atoms with Gasteiger partial charge in [-0.25, -0.2) is 0 Å². The summed E-state index contributed by atoms with van der Waals surface area (Å²) >= 11 is 0. The Morgan fingerprint density at radius 1 is 0.524 bits per heavy atom. The second kappa shape index (κ2) is 32.3. The Bertz CT molecular complexity index is 2710. The van der Waals surface area contributed by atoms with Crippen LogP contribution in [-0.2, 0) is 33.6 Å². The van der Waals surface area contributed by atoms with Crippen LogP contribution in [0.15, 0.2) is 126 Å². The number of Topliss-reactive ketones (excluding diaryl/α,β-unsaturated/α-hetero) is 2. The lowest BCUT2D eigenvalue weighted by Crippen LogP contribution is -2.47. The van der Waals surface area contributed by atoms with Gasteiger partial charge in [-0.3, -0.25) is 33.6 Å². The molecule has 12 atom stereocenters. The number of ketones is 2. The van der Waals surface area contributed by atoms with Gasteiger partial charge in [-0.05, 0) is 129 Å². The number of rotatable bonds is 15. The van der Waals surface area contributed by atoms with Crippen LogP contribution in [0.3, 0.4) is 0 Å². The summed E-state index contributed by atoms with van der Waals surface area (Å²) in [5.74, 6) is 1.64. The zero-order valence-corrected chi connectivity index (χ0v) is 51.0. The van der Waals surface area contributed by atoms with Gasteiger partial charge in [0.05, 0.1) is 35.9 Å². The summed E-state index contributed by atoms with van der Waals surface area (Å²) < 4.78 is 0. The predicted octanol–water partition coefficient (Wildman–Crippen LogP) is 8.61. The number of carbonyl (C=O) groups is 7. The molecule has 6 heterocycles. The molecule has 0 radical (unpaired) electrons. The van der Waals surface area contributed by atoms with Gasteiger partial charge in [0.1, 0.15) is 11.6 Å². The van der Waals surface area contributed by atoms with E-state index in [0.717, 1.165) is 55.7 Å². The standard InChI is InChI=1S/C14H18N2O2.C14H20N2O.2C14H17NO2.C11H21N3O/c1-10(15-18)13-8-14(17)16(9-13)11(2)12-6-4-3-5-7-12;1-10(15)13-8-14(17)16(9-13)11(2)12-6-4-3-5-7-12;2*1-10(12-6-4-3-5-7-12)15-9-13(11(2)16)8-14(15)17;1-8(9-4-6-12-7-9)14-11(15)10-3-2-5-13-10/h3-7,11,13,18H,8-9H2,1-2H3;3-7,10-11,13H,8-9,15H2,1-2H3;2*3-7,10,13H,8-9H2,1-2H3;8-10,12-13H,2-7H2,1H3,(H,14,15)/t11-,13?;10?,11-,13?;2*10-,13?;8?,9?,10-/m00000/s1. The van der Waals surface area contributed by atoms with Gasteiger partial charge >= 0.3 is 0 Å². The molecule has 4 aromatic carbocycles. The number of benzene rings is 4. The minimum Gasteiger partial charge on any atom is -0.411 e. The van der Waals surface area contributed by atoms with Gasteiger partial charge in [0.25, 0.3) is 0 Å². The number of likely N-dealkylation sites (tertiary alicyclic amines) is 4. The van der Waals surface area contributed by atoms with E-state index >= 15 is 0 Å². The molecule has 0 saturated carbocycles. The molecule has 10 rings (SSSR count). The molecule has 6 aliphatic rings. The molecule has 6 aliphatic heterocycles. The summed E-state index contributed by atoms with van der Waals surface area (Å²) in [6.45, 7) is 22.8. The molecule has 84 heavy (non-hydrogen) atoms. The van der Waals surface area contributed by atoms with Crippen molar-refractivity contribution in [1.82, 2.24) is 35.6 Å². The van der Waals surface area contributed by atoms with Gasteiger partial charge in [0.15, 0.2) is 0 Å². The van der Waals surface area contributed by atoms with Crippen molar-refractivity contribution < 1.29 is 38.8 Å². The normalized spacial score (nSPS) is 24.2. The van der Waals surface area contributed by atoms with Crippen LogP contribution in [0, 0.1) is 29.6 Å². The molecule has 0 spiro atoms. The minimum atomic E-state index is -0.117. The van der Waals surface area contributed by atoms with Crippen molar-refractivity contribution in [3.05, 3.63) is 144 Å². The molecule has 6 saturated heterocycles. The summed E-state index contributed by atoms with van der Waals surface area (Å²) in [6, 6.07) is 40.7. The highest BCUT2D eigenvalue weighted by Gasteiger charge is 2.38. The van der Waals surface area contributed by atoms with Crippen molar-refractivity contribution in [1.29, 1.82) is 0 Å². The summed E-state index contributed by atoms with van der Waals surface area (Å²) in [6.07, 6.45) is 5.05. The third-order valence-corrected chi connectivity index (χ3v) is 17.9. The van der Waals surface area contributed by atoms with E-state index in [0.29, 0.717) is 68.9 Å². The summed E-state index contributed by atoms with van der Waals surface area (Å²) in [5.41, 5.74) is 11.1. The maximum atomic E-state index is 12.0. The third-order valence-electron chi connectivity index (χ3n) is 17.9. The van der Waals surface area contributed by atoms with Crippen LogP contribution in [0.5, 0.6) is 0 Å². The first kappa shape index (κ1) is 66.1. The monoisotopic (exact) mass is 1150 g/mol. The SMILES string of the molecule is CC(=NO)C1CC(=O)N([C@@H](C)c2ccccc2)C1.CC(=O)C1CC(=O)N([C@@H](C)c2ccccc2)C1.CC(=O)C1CC(=O)N([C@@H](C)c2ccccc2)C1.CC(N)C1CC(=O)N([C@@H](C)c2ccccc2)C1.CC(NC(=O)[C@@H]1CCCN1)C1CCNC1. The van der Waals surface area contributed by atoms with Gasteiger partial charge in [-0.15, -0.1) is 0 Å². The highest BCUT2D eigenvalue weighted by Crippen LogP contribution is 2.33. The first-order chi connectivity index (χ1) is 40.2. The molecular weight excluding hydrogens is 1060 g/mol. The fourth-order valence-corrected chi connectivity index (χ4v) is 11.8. The number of carbonyl (C=O) groups excluding carboxylic acids is 7. The molecule has 17 heteroatoms. The number of nitrogens with two attached hydrogens (primary N) is 1. The summed E-state index contributed by atoms with van der Waals surface area (Å²) in [7, 11) is 0. The Morgan fingerprint density at radius 2 is 0.893 bits per heavy atom. The van der Waals surface area contributed by atoms with Gasteiger partial charge in [-0.1, -0.05) is 126 Å². The van der Waals surface area contributed by atoms with E-state index in [1.807, 2.05) is 147 Å². The Kier molecular flexibility index (Phi) is 25.4. The lowest BCUT2D eigenvalue weighted by atomic mass is 10.0. The van der Waals surface area contributed by atoms with Crippen LogP contribution in [-0.4, -0.2) is 136 Å². The van der Waals surface area contributed by atoms with Crippen molar-refractivity contribution in [3.63, 3.8) is 0 Å². The van der Waals surface area contributed by atoms with Crippen molar-refractivity contribution in [2.75, 3.05) is 45.8 Å². The minimum absolute atomic E-state index is 0.0358. The zero-order chi connectivity index (χ0) is 61.0. The average molecular weight is 1150 g/mol. The molecule has 7 unspecified atom stereocenters. The number of amides is 5. The van der Waals surface area contributed by atoms with E-state index in [1.54, 1.807) is 30.6 Å². The molecule has 6 fully saturated rings. The van der Waals surface area contributed by atoms with E-state index in [-0.39, 0.29) is 95.1 Å². The van der Waals surface area contributed by atoms with Crippen LogP contribution in [0.4, 0.5) is 0 Å². The maximum Gasteiger partial charge on any atom is 0.237 e. The van der Waals surface area contributed by atoms with Gasteiger partial charge in [0, 0.05) is 87.6 Å². The van der Waals surface area contributed by atoms with Crippen LogP contribution in [0.25, 0.3) is 0 Å². The van der Waals surface area contributed by atoms with Gasteiger partial charge < -0.3 is 46.5 Å². The Balaban J connectivity index is 0.000000169. The first-order valence-electron chi connectivity index (χ1n) is 30.3. The number of oxime groups is 1. The predicted molar refractivity (Wildman–Crippen MR) is 328 cm³/mol. The van der Waals surface area contributed by atoms with Crippen molar-refractivity contribution in [2.45, 2.75) is 150 Å². The Morgan fingerprint density at radius 3 is 1.20 bits per heavy atom. The largest absolute Gasteiger partial charge is 0.411 e. The third kappa shape index (κ3) is 18.5. The quantitative estimate of drug-likeness (QED) is 0.0430. The second-order valence-electron chi connectivity index (χ2n) is 23.7. The molecule has 5 amide bonds. The van der Waals surface area contributed by atoms with E-state index in [2.05, 4.69) is 47.1 Å². The van der Waals surface area contributed by atoms with Crippen LogP contribution >= 0.6 is 0 Å². The molecular formula is C67H93N9O8. The lowest BCUT2D eigenvalue weighted by Gasteiger charge is -2.25. The maximum absolute atomic E-state index is 12.0. The zero-order valence-electron chi connectivity index (χ0n) is 51.0. The van der Waals surface area contributed by atoms with Crippen LogP contribution in [0.2, 0.25) is 0 Å². The topological polar surface area (TPSA) is 227 Å². The average Bonchev–Trinajstić information content (AvgIpc) is 4.59. The summed E-state index contributed by atoms with van der Waals surface area (Å²) in [5, 5.41) is 21.7. The van der Waals surface area contributed by atoms with E-state index < -0.39 is 0 Å². The highest BCUT2D eigenvalue weighted by atomic mass is 16.4. The fraction of sp³-hybridized carbons (Fsp3) is 0.522. The number of hydrogen-bond acceptors (Lipinski definition) is 12. The van der Waals surface area contributed by atoms with Crippen molar-refractivity contribution in [2.24, 2.45) is 40.5 Å². The molecule has 4 aromatic rings. The molecule has 0 bridgehead atoms. The highest BCUT2D eigenvalue weighted by molar-refractivity contribution is 5.92. The molecule has 0 aliphatic carbocycles. The number of hydrogen-bond donors (Lipinski definition) is 5. The lowest BCUT2D eigenvalue weighted by molar-refractivity contribution is -0.130. The van der Waals surface area contributed by atoms with E-state index in [4.69, 9.17) is 10.9 Å². The van der Waals surface area contributed by atoms with Gasteiger partial charge in [-0.2, -0.15) is 0 Å². The van der Waals surface area contributed by atoms with Crippen molar-refractivity contribution >= 4 is 46.8 Å². The van der Waals surface area contributed by atoms with Crippen molar-refractivity contribution in [3.8, 4) is 0 Å². The van der Waals surface area contributed by atoms with E-state index in [9.17, 15) is 33.6 Å². The molecule has 0 aromatic heterocycles. The Labute approximate surface area is 498 Å². The molecule has 454 valence electrons. The molecule has 17 nitrogen and oxygen atoms in total. The summed E-state index contributed by atoms with van der Waals surface area (Å²) in [4.78, 5) is 89.6. The first-order valence-corrected chi connectivity index (χ1v) is 30.3.